The maximum Gasteiger partial charge on any atom is 0.0818 e. The van der Waals surface area contributed by atoms with Crippen LogP contribution in [0.25, 0.3) is 5.69 Å². The lowest BCUT2D eigenvalue weighted by molar-refractivity contribution is 0.216. The van der Waals surface area contributed by atoms with Gasteiger partial charge in [0.15, 0.2) is 0 Å². The van der Waals surface area contributed by atoms with Crippen molar-refractivity contribution in [2.24, 2.45) is 11.1 Å². The molecule has 4 heteroatoms. The number of para-hydroxylation sites is 1. The van der Waals surface area contributed by atoms with Crippen LogP contribution in [0.4, 0.5) is 0 Å². The third kappa shape index (κ3) is 2.14. The summed E-state index contributed by atoms with van der Waals surface area (Å²) in [5.41, 5.74) is 8.90. The summed E-state index contributed by atoms with van der Waals surface area (Å²) in [6.07, 6.45) is 7.94. The smallest absolute Gasteiger partial charge is 0.0818 e. The molecule has 1 saturated carbocycles. The molecule has 1 aliphatic carbocycles. The summed E-state index contributed by atoms with van der Waals surface area (Å²) in [4.78, 5) is 0. The van der Waals surface area contributed by atoms with Gasteiger partial charge in [0.1, 0.15) is 0 Å². The Morgan fingerprint density at radius 2 is 1.95 bits per heavy atom. The minimum Gasteiger partial charge on any atom is -0.322 e. The van der Waals surface area contributed by atoms with Gasteiger partial charge in [-0.05, 0) is 36.8 Å². The first-order valence-electron chi connectivity index (χ1n) is 7.48. The fourth-order valence-electron chi connectivity index (χ4n) is 3.50. The van der Waals surface area contributed by atoms with Gasteiger partial charge in [-0.25, -0.2) is 4.68 Å². The number of benzene rings is 1. The van der Waals surface area contributed by atoms with Crippen molar-refractivity contribution in [2.75, 3.05) is 0 Å². The molecule has 20 heavy (non-hydrogen) atoms. The Kier molecular flexibility index (Phi) is 3.57. The zero-order valence-electron chi connectivity index (χ0n) is 12.0. The predicted octanol–water partition coefficient (Wildman–Crippen LogP) is 3.24. The maximum absolute atomic E-state index is 6.63. The molecule has 1 unspecified atom stereocenters. The minimum atomic E-state index is 0.00482. The van der Waals surface area contributed by atoms with Crippen LogP contribution >= 0.6 is 0 Å². The van der Waals surface area contributed by atoms with Crippen molar-refractivity contribution < 1.29 is 0 Å². The molecule has 2 N–H and O–H groups in total. The van der Waals surface area contributed by atoms with E-state index in [9.17, 15) is 0 Å². The Morgan fingerprint density at radius 1 is 1.25 bits per heavy atom. The van der Waals surface area contributed by atoms with Gasteiger partial charge >= 0.3 is 0 Å². The first kappa shape index (κ1) is 13.3. The van der Waals surface area contributed by atoms with Crippen molar-refractivity contribution in [1.29, 1.82) is 0 Å². The molecule has 4 nitrogen and oxygen atoms in total. The van der Waals surface area contributed by atoms with Gasteiger partial charge in [0.2, 0.25) is 0 Å². The summed E-state index contributed by atoms with van der Waals surface area (Å²) in [7, 11) is 0. The first-order valence-corrected chi connectivity index (χ1v) is 7.48. The number of nitrogens with zero attached hydrogens (tertiary/aromatic N) is 3. The summed E-state index contributed by atoms with van der Waals surface area (Å²) in [6.45, 7) is 2.25. The Balaban J connectivity index is 1.97. The lowest BCUT2D eigenvalue weighted by atomic mass is 9.75. The molecule has 1 aromatic carbocycles. The average molecular weight is 270 g/mol. The molecule has 0 saturated heterocycles. The van der Waals surface area contributed by atoms with Crippen molar-refractivity contribution in [3.8, 4) is 5.69 Å². The quantitative estimate of drug-likeness (QED) is 0.928. The normalized spacial score (nSPS) is 19.1. The summed E-state index contributed by atoms with van der Waals surface area (Å²) >= 11 is 0. The van der Waals surface area contributed by atoms with Gasteiger partial charge in [-0.2, -0.15) is 0 Å². The van der Waals surface area contributed by atoms with Gasteiger partial charge in [0, 0.05) is 0 Å². The van der Waals surface area contributed by atoms with Crippen LogP contribution < -0.4 is 5.73 Å². The molecule has 1 heterocycles. The molecule has 0 aliphatic heterocycles. The Hall–Kier alpha value is -1.68. The monoisotopic (exact) mass is 270 g/mol. The van der Waals surface area contributed by atoms with E-state index < -0.39 is 0 Å². The molecule has 1 atom stereocenters. The van der Waals surface area contributed by atoms with Crippen LogP contribution in [-0.4, -0.2) is 15.0 Å². The van der Waals surface area contributed by atoms with E-state index in [2.05, 4.69) is 17.2 Å². The number of hydrogen-bond acceptors (Lipinski definition) is 3. The lowest BCUT2D eigenvalue weighted by Gasteiger charge is -2.34. The second-order valence-electron chi connectivity index (χ2n) is 5.81. The largest absolute Gasteiger partial charge is 0.322 e. The van der Waals surface area contributed by atoms with Crippen molar-refractivity contribution in [3.63, 3.8) is 0 Å². The van der Waals surface area contributed by atoms with Gasteiger partial charge in [0.25, 0.3) is 0 Å². The van der Waals surface area contributed by atoms with Gasteiger partial charge in [-0.3, -0.25) is 0 Å². The van der Waals surface area contributed by atoms with Crippen LogP contribution in [0.5, 0.6) is 0 Å². The molecule has 1 fully saturated rings. The Labute approximate surface area is 120 Å². The number of hydrogen-bond donors (Lipinski definition) is 1. The highest BCUT2D eigenvalue weighted by molar-refractivity contribution is 5.32. The highest BCUT2D eigenvalue weighted by Gasteiger charge is 2.40. The topological polar surface area (TPSA) is 56.7 Å². The standard InChI is InChI=1S/C16H22N4/c1-2-16(10-6-7-11-16)15(17)14-12-18-19-20(14)13-8-4-3-5-9-13/h3-5,8-9,12,15H,2,6-7,10-11,17H2,1H3. The molecule has 1 aliphatic rings. The number of rotatable bonds is 4. The molecule has 0 amide bonds. The van der Waals surface area contributed by atoms with Crippen molar-refractivity contribution in [1.82, 2.24) is 15.0 Å². The molecular formula is C16H22N4. The van der Waals surface area contributed by atoms with Crippen molar-refractivity contribution in [3.05, 3.63) is 42.2 Å². The molecule has 1 aromatic heterocycles. The van der Waals surface area contributed by atoms with E-state index in [1.807, 2.05) is 41.2 Å². The highest BCUT2D eigenvalue weighted by Crippen LogP contribution is 2.48. The van der Waals surface area contributed by atoms with Crippen LogP contribution in [0.2, 0.25) is 0 Å². The van der Waals surface area contributed by atoms with Gasteiger partial charge < -0.3 is 5.73 Å². The molecule has 0 spiro atoms. The second-order valence-corrected chi connectivity index (χ2v) is 5.81. The number of nitrogens with two attached hydrogens (primary N) is 1. The highest BCUT2D eigenvalue weighted by atomic mass is 15.4. The fraction of sp³-hybridized carbons (Fsp3) is 0.500. The third-order valence-corrected chi connectivity index (χ3v) is 4.86. The SMILES string of the molecule is CCC1(C(N)c2cnnn2-c2ccccc2)CCCC1. The van der Waals surface area contributed by atoms with E-state index in [-0.39, 0.29) is 11.5 Å². The predicted molar refractivity (Wildman–Crippen MR) is 79.5 cm³/mol. The summed E-state index contributed by atoms with van der Waals surface area (Å²) in [5.74, 6) is 0. The van der Waals surface area contributed by atoms with Crippen LogP contribution in [0.3, 0.4) is 0 Å². The average Bonchev–Trinajstić information content (AvgIpc) is 3.17. The van der Waals surface area contributed by atoms with E-state index >= 15 is 0 Å². The van der Waals surface area contributed by atoms with Gasteiger partial charge in [-0.15, -0.1) is 5.10 Å². The van der Waals surface area contributed by atoms with E-state index in [1.54, 1.807) is 0 Å². The minimum absolute atomic E-state index is 0.00482. The zero-order valence-corrected chi connectivity index (χ0v) is 12.0. The molecule has 0 bridgehead atoms. The second kappa shape index (κ2) is 5.37. The first-order chi connectivity index (χ1) is 9.77. The third-order valence-electron chi connectivity index (χ3n) is 4.86. The van der Waals surface area contributed by atoms with Crippen LogP contribution in [0, 0.1) is 5.41 Å². The summed E-state index contributed by atoms with van der Waals surface area (Å²) in [5, 5.41) is 8.32. The van der Waals surface area contributed by atoms with E-state index in [1.165, 1.54) is 25.7 Å². The molecule has 106 valence electrons. The van der Waals surface area contributed by atoms with E-state index in [0.717, 1.165) is 17.8 Å². The zero-order chi connectivity index (χ0) is 14.0. The Bertz CT molecular complexity index is 555. The summed E-state index contributed by atoms with van der Waals surface area (Å²) in [6, 6.07) is 10.1. The molecule has 3 rings (SSSR count). The molecule has 0 radical (unpaired) electrons. The van der Waals surface area contributed by atoms with Gasteiger partial charge in [-0.1, -0.05) is 43.2 Å². The van der Waals surface area contributed by atoms with Gasteiger partial charge in [0.05, 0.1) is 23.6 Å². The van der Waals surface area contributed by atoms with Crippen molar-refractivity contribution >= 4 is 0 Å². The summed E-state index contributed by atoms with van der Waals surface area (Å²) < 4.78 is 1.89. The fourth-order valence-corrected chi connectivity index (χ4v) is 3.50. The molecular weight excluding hydrogens is 248 g/mol. The molecule has 2 aromatic rings. The van der Waals surface area contributed by atoms with E-state index in [4.69, 9.17) is 5.73 Å². The Morgan fingerprint density at radius 3 is 2.60 bits per heavy atom. The van der Waals surface area contributed by atoms with Crippen LogP contribution in [-0.2, 0) is 0 Å². The lowest BCUT2D eigenvalue weighted by Crippen LogP contribution is -2.33. The van der Waals surface area contributed by atoms with E-state index in [0.29, 0.717) is 0 Å². The van der Waals surface area contributed by atoms with Crippen molar-refractivity contribution in [2.45, 2.75) is 45.1 Å². The maximum atomic E-state index is 6.63. The van der Waals surface area contributed by atoms with Crippen LogP contribution in [0.15, 0.2) is 36.5 Å². The number of aromatic nitrogens is 3. The van der Waals surface area contributed by atoms with Crippen LogP contribution in [0.1, 0.15) is 50.8 Å².